The smallest absolute Gasteiger partial charge is 0.124 e. The van der Waals surface area contributed by atoms with Gasteiger partial charge in [0, 0.05) is 18.8 Å². The van der Waals surface area contributed by atoms with Gasteiger partial charge in [0.05, 0.1) is 5.69 Å². The van der Waals surface area contributed by atoms with Crippen LogP contribution >= 0.6 is 12.2 Å². The summed E-state index contributed by atoms with van der Waals surface area (Å²) >= 11 is 5.08. The molecule has 1 aliphatic rings. The fraction of sp³-hybridized carbons (Fsp3) is 0.538. The van der Waals surface area contributed by atoms with Gasteiger partial charge in [0.1, 0.15) is 10.7 Å². The van der Waals surface area contributed by atoms with Crippen LogP contribution < -0.4 is 10.6 Å². The van der Waals surface area contributed by atoms with E-state index in [4.69, 9.17) is 18.0 Å². The Morgan fingerprint density at radius 1 is 1.53 bits per heavy atom. The minimum absolute atomic E-state index is 0.386. The summed E-state index contributed by atoms with van der Waals surface area (Å²) in [5, 5.41) is 0. The lowest BCUT2D eigenvalue weighted by Gasteiger charge is -2.31. The van der Waals surface area contributed by atoms with E-state index in [1.165, 1.54) is 25.7 Å². The van der Waals surface area contributed by atoms with Crippen molar-refractivity contribution >= 4 is 22.9 Å². The summed E-state index contributed by atoms with van der Waals surface area (Å²) in [6, 6.07) is 4.65. The molecule has 2 N–H and O–H groups in total. The van der Waals surface area contributed by atoms with Crippen LogP contribution in [0.4, 0.5) is 5.69 Å². The molecule has 3 nitrogen and oxygen atoms in total. The van der Waals surface area contributed by atoms with Gasteiger partial charge in [-0.3, -0.25) is 4.98 Å². The molecule has 92 valence electrons. The van der Waals surface area contributed by atoms with E-state index in [0.717, 1.165) is 17.9 Å². The van der Waals surface area contributed by atoms with Crippen molar-refractivity contribution in [3.63, 3.8) is 0 Å². The minimum Gasteiger partial charge on any atom is -0.388 e. The van der Waals surface area contributed by atoms with Gasteiger partial charge in [-0.15, -0.1) is 0 Å². The van der Waals surface area contributed by atoms with Crippen molar-refractivity contribution in [1.82, 2.24) is 4.98 Å². The summed E-state index contributed by atoms with van der Waals surface area (Å²) in [6.45, 7) is 3.15. The van der Waals surface area contributed by atoms with Gasteiger partial charge in [-0.25, -0.2) is 0 Å². The van der Waals surface area contributed by atoms with Crippen LogP contribution in [0.5, 0.6) is 0 Å². The third kappa shape index (κ3) is 2.57. The third-order valence-corrected chi connectivity index (χ3v) is 3.63. The average Bonchev–Trinajstić information content (AvgIpc) is 2.84. The molecule has 0 atom stereocenters. The SMILES string of the molecule is CCN(c1cccnc1C(N)=S)C1CCCC1. The highest BCUT2D eigenvalue weighted by Crippen LogP contribution is 2.29. The number of hydrogen-bond acceptors (Lipinski definition) is 3. The van der Waals surface area contributed by atoms with Gasteiger partial charge in [0.2, 0.25) is 0 Å². The van der Waals surface area contributed by atoms with Gasteiger partial charge in [-0.05, 0) is 31.9 Å². The zero-order valence-corrected chi connectivity index (χ0v) is 11.0. The largest absolute Gasteiger partial charge is 0.388 e. The number of rotatable bonds is 4. The van der Waals surface area contributed by atoms with Crippen molar-refractivity contribution in [1.29, 1.82) is 0 Å². The second-order valence-electron chi connectivity index (χ2n) is 4.46. The maximum atomic E-state index is 5.75. The van der Waals surface area contributed by atoms with Gasteiger partial charge in [-0.1, -0.05) is 25.1 Å². The molecular weight excluding hydrogens is 230 g/mol. The first-order valence-electron chi connectivity index (χ1n) is 6.25. The van der Waals surface area contributed by atoms with E-state index in [2.05, 4.69) is 22.9 Å². The molecule has 0 unspecified atom stereocenters. The molecule has 4 heteroatoms. The standard InChI is InChI=1S/C13H19N3S/c1-2-16(10-6-3-4-7-10)11-8-5-9-15-12(11)13(14)17/h5,8-10H,2-4,6-7H2,1H3,(H2,14,17). The van der Waals surface area contributed by atoms with E-state index < -0.39 is 0 Å². The van der Waals surface area contributed by atoms with E-state index in [0.29, 0.717) is 11.0 Å². The number of nitrogens with zero attached hydrogens (tertiary/aromatic N) is 2. The molecule has 0 spiro atoms. The van der Waals surface area contributed by atoms with Crippen LogP contribution in [0.1, 0.15) is 38.3 Å². The Balaban J connectivity index is 2.32. The average molecular weight is 249 g/mol. The molecule has 0 saturated heterocycles. The Morgan fingerprint density at radius 2 is 2.24 bits per heavy atom. The Morgan fingerprint density at radius 3 is 2.82 bits per heavy atom. The fourth-order valence-electron chi connectivity index (χ4n) is 2.66. The molecule has 1 heterocycles. The highest BCUT2D eigenvalue weighted by atomic mass is 32.1. The van der Waals surface area contributed by atoms with Crippen molar-refractivity contribution in [2.75, 3.05) is 11.4 Å². The molecule has 0 amide bonds. The van der Waals surface area contributed by atoms with Crippen molar-refractivity contribution < 1.29 is 0 Å². The van der Waals surface area contributed by atoms with Crippen molar-refractivity contribution in [2.45, 2.75) is 38.6 Å². The number of aromatic nitrogens is 1. The van der Waals surface area contributed by atoms with Crippen LogP contribution in [0.25, 0.3) is 0 Å². The molecule has 2 rings (SSSR count). The van der Waals surface area contributed by atoms with E-state index in [1.54, 1.807) is 6.20 Å². The number of thiocarbonyl (C=S) groups is 1. The first-order chi connectivity index (χ1) is 8.24. The summed E-state index contributed by atoms with van der Waals surface area (Å²) in [4.78, 5) is 7.09. The number of hydrogen-bond donors (Lipinski definition) is 1. The number of pyridine rings is 1. The predicted molar refractivity (Wildman–Crippen MR) is 75.4 cm³/mol. The van der Waals surface area contributed by atoms with E-state index in [9.17, 15) is 0 Å². The van der Waals surface area contributed by atoms with Crippen molar-refractivity contribution in [2.24, 2.45) is 5.73 Å². The summed E-state index contributed by atoms with van der Waals surface area (Å²) in [5.41, 5.74) is 7.60. The molecular formula is C13H19N3S. The van der Waals surface area contributed by atoms with Gasteiger partial charge in [0.25, 0.3) is 0 Å². The summed E-state index contributed by atoms with van der Waals surface area (Å²) in [6.07, 6.45) is 6.92. The Labute approximate surface area is 108 Å². The first kappa shape index (κ1) is 12.3. The zero-order chi connectivity index (χ0) is 12.3. The highest BCUT2D eigenvalue weighted by Gasteiger charge is 2.24. The van der Waals surface area contributed by atoms with E-state index in [1.807, 2.05) is 6.07 Å². The quantitative estimate of drug-likeness (QED) is 0.833. The molecule has 0 aromatic carbocycles. The lowest BCUT2D eigenvalue weighted by atomic mass is 10.1. The molecule has 0 radical (unpaired) electrons. The molecule has 0 bridgehead atoms. The van der Waals surface area contributed by atoms with E-state index in [-0.39, 0.29) is 0 Å². The second kappa shape index (κ2) is 5.45. The predicted octanol–water partition coefficient (Wildman–Crippen LogP) is 2.48. The monoisotopic (exact) mass is 249 g/mol. The maximum absolute atomic E-state index is 5.75. The fourth-order valence-corrected chi connectivity index (χ4v) is 2.82. The Hall–Kier alpha value is -1.16. The lowest BCUT2D eigenvalue weighted by Crippen LogP contribution is -2.35. The van der Waals surface area contributed by atoms with Crippen molar-refractivity contribution in [3.8, 4) is 0 Å². The normalized spacial score (nSPS) is 16.1. The molecule has 1 aromatic heterocycles. The summed E-state index contributed by atoms with van der Waals surface area (Å²) in [5.74, 6) is 0. The molecule has 17 heavy (non-hydrogen) atoms. The van der Waals surface area contributed by atoms with Crippen LogP contribution in [-0.4, -0.2) is 22.6 Å². The van der Waals surface area contributed by atoms with Crippen molar-refractivity contribution in [3.05, 3.63) is 24.0 Å². The lowest BCUT2D eigenvalue weighted by molar-refractivity contribution is 0.618. The van der Waals surface area contributed by atoms with Crippen LogP contribution in [0, 0.1) is 0 Å². The second-order valence-corrected chi connectivity index (χ2v) is 4.90. The van der Waals surface area contributed by atoms with Gasteiger partial charge in [0.15, 0.2) is 0 Å². The third-order valence-electron chi connectivity index (χ3n) is 3.44. The Bertz CT molecular complexity index is 399. The highest BCUT2D eigenvalue weighted by molar-refractivity contribution is 7.80. The van der Waals surface area contributed by atoms with Crippen LogP contribution in [0.2, 0.25) is 0 Å². The summed E-state index contributed by atoms with van der Waals surface area (Å²) < 4.78 is 0. The van der Waals surface area contributed by atoms with Gasteiger partial charge >= 0.3 is 0 Å². The molecule has 1 fully saturated rings. The van der Waals surface area contributed by atoms with Gasteiger partial charge < -0.3 is 10.6 Å². The molecule has 0 aliphatic heterocycles. The molecule has 1 aromatic rings. The zero-order valence-electron chi connectivity index (χ0n) is 10.2. The topological polar surface area (TPSA) is 42.2 Å². The molecule has 1 aliphatic carbocycles. The van der Waals surface area contributed by atoms with Crippen LogP contribution in [0.3, 0.4) is 0 Å². The number of nitrogens with two attached hydrogens (primary N) is 1. The summed E-state index contributed by atoms with van der Waals surface area (Å²) in [7, 11) is 0. The van der Waals surface area contributed by atoms with Crippen LogP contribution in [0.15, 0.2) is 18.3 Å². The maximum Gasteiger partial charge on any atom is 0.124 e. The first-order valence-corrected chi connectivity index (χ1v) is 6.66. The Kier molecular flexibility index (Phi) is 3.94. The number of anilines is 1. The molecule has 1 saturated carbocycles. The van der Waals surface area contributed by atoms with Crippen LogP contribution in [-0.2, 0) is 0 Å². The van der Waals surface area contributed by atoms with E-state index >= 15 is 0 Å². The minimum atomic E-state index is 0.386. The van der Waals surface area contributed by atoms with Gasteiger partial charge in [-0.2, -0.15) is 0 Å².